The Bertz CT molecular complexity index is 745. The lowest BCUT2D eigenvalue weighted by Gasteiger charge is -2.29. The molecule has 1 aromatic heterocycles. The Morgan fingerprint density at radius 1 is 1.05 bits per heavy atom. The van der Waals surface area contributed by atoms with E-state index in [1.165, 1.54) is 25.3 Å². The van der Waals surface area contributed by atoms with Crippen molar-refractivity contribution in [2.75, 3.05) is 18.0 Å². The van der Waals surface area contributed by atoms with Gasteiger partial charge in [-0.05, 0) is 31.4 Å². The topological polar surface area (TPSA) is 78.2 Å². The van der Waals surface area contributed by atoms with Crippen LogP contribution in [0, 0.1) is 0 Å². The van der Waals surface area contributed by atoms with Gasteiger partial charge in [-0.25, -0.2) is 0 Å². The van der Waals surface area contributed by atoms with Crippen molar-refractivity contribution in [3.8, 4) is 5.75 Å². The lowest BCUT2D eigenvalue weighted by Crippen LogP contribution is -2.29. The lowest BCUT2D eigenvalue weighted by molar-refractivity contribution is 0.299. The number of ether oxygens (including phenoxy) is 1. The fraction of sp³-hybridized carbons (Fsp3) is 0.375. The average Bonchev–Trinajstić information content (AvgIpc) is 2.57. The quantitative estimate of drug-likeness (QED) is 0.841. The zero-order chi connectivity index (χ0) is 15.4. The molecular weight excluding hydrogens is 282 g/mol. The van der Waals surface area contributed by atoms with Crippen molar-refractivity contribution in [3.63, 3.8) is 0 Å². The Morgan fingerprint density at radius 2 is 1.86 bits per heavy atom. The van der Waals surface area contributed by atoms with Crippen molar-refractivity contribution >= 4 is 5.69 Å². The molecule has 0 unspecified atom stereocenters. The minimum atomic E-state index is -0.657. The average molecular weight is 301 g/mol. The number of benzene rings is 1. The normalized spacial score (nSPS) is 14.8. The number of anilines is 1. The third-order valence-corrected chi connectivity index (χ3v) is 3.80. The number of aromatic nitrogens is 2. The molecule has 1 aliphatic heterocycles. The summed E-state index contributed by atoms with van der Waals surface area (Å²) in [5.41, 5.74) is 0.468. The van der Waals surface area contributed by atoms with Crippen LogP contribution in [0.2, 0.25) is 0 Å². The van der Waals surface area contributed by atoms with Gasteiger partial charge in [0.15, 0.2) is 0 Å². The molecule has 0 bridgehead atoms. The monoisotopic (exact) mass is 301 g/mol. The van der Waals surface area contributed by atoms with Gasteiger partial charge in [-0.3, -0.25) is 19.8 Å². The molecule has 0 radical (unpaired) electrons. The van der Waals surface area contributed by atoms with E-state index in [9.17, 15) is 9.59 Å². The molecule has 1 saturated heterocycles. The molecular formula is C16H19N3O3. The first-order chi connectivity index (χ1) is 10.7. The zero-order valence-corrected chi connectivity index (χ0v) is 12.3. The third-order valence-electron chi connectivity index (χ3n) is 3.80. The summed E-state index contributed by atoms with van der Waals surface area (Å²) in [6.45, 7) is 2.36. The van der Waals surface area contributed by atoms with Crippen molar-refractivity contribution in [2.45, 2.75) is 25.9 Å². The van der Waals surface area contributed by atoms with E-state index >= 15 is 0 Å². The summed E-state index contributed by atoms with van der Waals surface area (Å²) in [6, 6.07) is 9.20. The summed E-state index contributed by atoms with van der Waals surface area (Å²) in [7, 11) is 0. The highest BCUT2D eigenvalue weighted by Gasteiger charge is 2.11. The van der Waals surface area contributed by atoms with E-state index < -0.39 is 11.0 Å². The largest absolute Gasteiger partial charge is 0.487 e. The van der Waals surface area contributed by atoms with Gasteiger partial charge in [0.1, 0.15) is 12.4 Å². The molecule has 1 aliphatic rings. The molecule has 1 aromatic carbocycles. The van der Waals surface area contributed by atoms with Crippen molar-refractivity contribution in [2.24, 2.45) is 0 Å². The van der Waals surface area contributed by atoms with Crippen LogP contribution in [-0.4, -0.2) is 23.3 Å². The second-order valence-electron chi connectivity index (χ2n) is 5.45. The Morgan fingerprint density at radius 3 is 2.64 bits per heavy atom. The SMILES string of the molecule is O=c1cc(COc2cccc(N3CCCCC3)c2)[nH][nH]c1=O. The molecule has 2 heterocycles. The number of rotatable bonds is 4. The van der Waals surface area contributed by atoms with Gasteiger partial charge < -0.3 is 9.64 Å². The van der Waals surface area contributed by atoms with Crippen LogP contribution in [-0.2, 0) is 6.61 Å². The van der Waals surface area contributed by atoms with Crippen LogP contribution in [0.1, 0.15) is 25.0 Å². The third kappa shape index (κ3) is 3.39. The van der Waals surface area contributed by atoms with Crippen LogP contribution in [0.4, 0.5) is 5.69 Å². The molecule has 2 aromatic rings. The van der Waals surface area contributed by atoms with Crippen molar-refractivity contribution in [3.05, 3.63) is 56.6 Å². The van der Waals surface area contributed by atoms with E-state index in [4.69, 9.17) is 4.74 Å². The first-order valence-corrected chi connectivity index (χ1v) is 7.51. The van der Waals surface area contributed by atoms with Gasteiger partial charge in [-0.1, -0.05) is 6.07 Å². The number of hydrogen-bond acceptors (Lipinski definition) is 4. The van der Waals surface area contributed by atoms with Crippen LogP contribution >= 0.6 is 0 Å². The van der Waals surface area contributed by atoms with Gasteiger partial charge in [0.25, 0.3) is 0 Å². The minimum absolute atomic E-state index is 0.204. The number of nitrogens with one attached hydrogen (secondary N) is 2. The van der Waals surface area contributed by atoms with Crippen LogP contribution in [0.25, 0.3) is 0 Å². The number of nitrogens with zero attached hydrogens (tertiary/aromatic N) is 1. The fourth-order valence-corrected chi connectivity index (χ4v) is 2.62. The van der Waals surface area contributed by atoms with E-state index in [2.05, 4.69) is 21.2 Å². The fourth-order valence-electron chi connectivity index (χ4n) is 2.62. The second-order valence-corrected chi connectivity index (χ2v) is 5.45. The molecule has 6 heteroatoms. The van der Waals surface area contributed by atoms with E-state index in [1.807, 2.05) is 18.2 Å². The van der Waals surface area contributed by atoms with Crippen molar-refractivity contribution in [1.29, 1.82) is 0 Å². The predicted molar refractivity (Wildman–Crippen MR) is 84.5 cm³/mol. The Balaban J connectivity index is 1.68. The van der Waals surface area contributed by atoms with Gasteiger partial charge in [-0.15, -0.1) is 0 Å². The summed E-state index contributed by atoms with van der Waals surface area (Å²) < 4.78 is 5.70. The summed E-state index contributed by atoms with van der Waals surface area (Å²) in [6.07, 6.45) is 3.75. The molecule has 1 fully saturated rings. The van der Waals surface area contributed by atoms with Gasteiger partial charge >= 0.3 is 5.56 Å². The maximum Gasteiger partial charge on any atom is 0.310 e. The smallest absolute Gasteiger partial charge is 0.310 e. The standard InChI is InChI=1S/C16H19N3O3/c20-15-9-12(17-18-16(15)21)11-22-14-6-4-5-13(10-14)19-7-2-1-3-8-19/h4-6,9-10H,1-3,7-8,11H2,(H,17,20)(H,18,21). The Kier molecular flexibility index (Phi) is 4.27. The van der Waals surface area contributed by atoms with Crippen molar-refractivity contribution < 1.29 is 4.74 Å². The molecule has 0 saturated carbocycles. The first kappa shape index (κ1) is 14.4. The van der Waals surface area contributed by atoms with E-state index in [0.717, 1.165) is 24.5 Å². The molecule has 2 N–H and O–H groups in total. The van der Waals surface area contributed by atoms with Crippen LogP contribution in [0.15, 0.2) is 39.9 Å². The van der Waals surface area contributed by atoms with E-state index in [1.54, 1.807) is 0 Å². The maximum absolute atomic E-state index is 11.3. The van der Waals surface area contributed by atoms with Crippen LogP contribution < -0.4 is 20.6 Å². The van der Waals surface area contributed by atoms with Crippen LogP contribution in [0.3, 0.4) is 0 Å². The van der Waals surface area contributed by atoms with Gasteiger partial charge in [-0.2, -0.15) is 0 Å². The lowest BCUT2D eigenvalue weighted by atomic mass is 10.1. The summed E-state index contributed by atoms with van der Waals surface area (Å²) in [5, 5.41) is 4.94. The number of hydrogen-bond donors (Lipinski definition) is 2. The Hall–Kier alpha value is -2.50. The zero-order valence-electron chi connectivity index (χ0n) is 12.3. The molecule has 0 atom stereocenters. The van der Waals surface area contributed by atoms with E-state index in [0.29, 0.717) is 5.69 Å². The molecule has 6 nitrogen and oxygen atoms in total. The maximum atomic E-state index is 11.3. The molecule has 22 heavy (non-hydrogen) atoms. The molecule has 0 amide bonds. The molecule has 0 aliphatic carbocycles. The molecule has 0 spiro atoms. The summed E-state index contributed by atoms with van der Waals surface area (Å²) in [4.78, 5) is 24.7. The van der Waals surface area contributed by atoms with Crippen molar-refractivity contribution in [1.82, 2.24) is 10.2 Å². The van der Waals surface area contributed by atoms with E-state index in [-0.39, 0.29) is 6.61 Å². The summed E-state index contributed by atoms with van der Waals surface area (Å²) in [5.74, 6) is 0.745. The number of piperidine rings is 1. The Labute approximate surface area is 127 Å². The molecule has 116 valence electrons. The highest BCUT2D eigenvalue weighted by molar-refractivity contribution is 5.50. The number of H-pyrrole nitrogens is 2. The van der Waals surface area contributed by atoms with Gasteiger partial charge in [0.05, 0.1) is 5.69 Å². The van der Waals surface area contributed by atoms with Gasteiger partial charge in [0.2, 0.25) is 5.43 Å². The molecule has 3 rings (SSSR count). The summed E-state index contributed by atoms with van der Waals surface area (Å²) >= 11 is 0. The second kappa shape index (κ2) is 6.51. The number of aromatic amines is 2. The first-order valence-electron chi connectivity index (χ1n) is 7.51. The minimum Gasteiger partial charge on any atom is -0.487 e. The van der Waals surface area contributed by atoms with Crippen LogP contribution in [0.5, 0.6) is 5.75 Å². The highest BCUT2D eigenvalue weighted by atomic mass is 16.5. The predicted octanol–water partition coefficient (Wildman–Crippen LogP) is 1.63. The van der Waals surface area contributed by atoms with Gasteiger partial charge in [0, 0.05) is 30.9 Å². The highest BCUT2D eigenvalue weighted by Crippen LogP contribution is 2.24.